The monoisotopic (exact) mass is 207 g/mol. The van der Waals surface area contributed by atoms with Crippen molar-refractivity contribution < 1.29 is 4.79 Å². The topological polar surface area (TPSA) is 54.0 Å². The van der Waals surface area contributed by atoms with Crippen LogP contribution >= 0.6 is 0 Å². The highest BCUT2D eigenvalue weighted by molar-refractivity contribution is 5.89. The predicted octanol–water partition coefficient (Wildman–Crippen LogP) is 1.33. The van der Waals surface area contributed by atoms with Gasteiger partial charge in [-0.15, -0.1) is 0 Å². The van der Waals surface area contributed by atoms with E-state index in [9.17, 15) is 4.79 Å². The summed E-state index contributed by atoms with van der Waals surface area (Å²) in [6.07, 6.45) is 3.06. The largest absolute Gasteiger partial charge is 0.320 e. The van der Waals surface area contributed by atoms with Crippen molar-refractivity contribution in [2.24, 2.45) is 0 Å². The molecule has 1 aromatic heterocycles. The van der Waals surface area contributed by atoms with Gasteiger partial charge in [0.15, 0.2) is 0 Å². The van der Waals surface area contributed by atoms with E-state index in [2.05, 4.69) is 15.6 Å². The van der Waals surface area contributed by atoms with E-state index in [1.165, 1.54) is 0 Å². The van der Waals surface area contributed by atoms with Gasteiger partial charge in [0, 0.05) is 12.6 Å². The van der Waals surface area contributed by atoms with E-state index in [1.807, 2.05) is 26.1 Å². The van der Waals surface area contributed by atoms with Crippen molar-refractivity contribution in [2.75, 3.05) is 18.9 Å². The molecular formula is C11H17N3O. The Labute approximate surface area is 90.1 Å². The second-order valence-electron chi connectivity index (χ2n) is 3.47. The zero-order chi connectivity index (χ0) is 11.1. The fraction of sp³-hybridized carbons (Fsp3) is 0.455. The first-order valence-electron chi connectivity index (χ1n) is 5.09. The molecule has 0 radical (unpaired) electrons. The number of hydrogen-bond acceptors (Lipinski definition) is 3. The average Bonchev–Trinajstić information content (AvgIpc) is 2.18. The van der Waals surface area contributed by atoms with Gasteiger partial charge in [-0.25, -0.2) is 4.98 Å². The highest BCUT2D eigenvalue weighted by atomic mass is 16.1. The third kappa shape index (κ3) is 4.56. The molecule has 0 aliphatic rings. The van der Waals surface area contributed by atoms with Gasteiger partial charge >= 0.3 is 0 Å². The van der Waals surface area contributed by atoms with Gasteiger partial charge in [0.25, 0.3) is 0 Å². The number of nitrogens with one attached hydrogen (secondary N) is 2. The van der Waals surface area contributed by atoms with E-state index in [4.69, 9.17) is 0 Å². The average molecular weight is 207 g/mol. The number of nitrogens with zero attached hydrogens (tertiary/aromatic N) is 1. The van der Waals surface area contributed by atoms with Gasteiger partial charge in [-0.3, -0.25) is 4.79 Å². The molecule has 2 N–H and O–H groups in total. The van der Waals surface area contributed by atoms with Gasteiger partial charge in [-0.2, -0.15) is 0 Å². The number of carbonyl (C=O) groups is 1. The van der Waals surface area contributed by atoms with E-state index in [0.717, 1.165) is 18.5 Å². The number of anilines is 1. The van der Waals surface area contributed by atoms with Crippen LogP contribution in [-0.4, -0.2) is 24.5 Å². The minimum Gasteiger partial charge on any atom is -0.320 e. The molecule has 1 heterocycles. The molecule has 0 saturated heterocycles. The van der Waals surface area contributed by atoms with Crippen LogP contribution in [0.3, 0.4) is 0 Å². The highest BCUT2D eigenvalue weighted by Crippen LogP contribution is 2.05. The summed E-state index contributed by atoms with van der Waals surface area (Å²) >= 11 is 0. The first-order chi connectivity index (χ1) is 7.22. The molecule has 0 bridgehead atoms. The molecule has 82 valence electrons. The maximum atomic E-state index is 11.4. The van der Waals surface area contributed by atoms with E-state index in [0.29, 0.717) is 12.2 Å². The molecule has 0 fully saturated rings. The summed E-state index contributed by atoms with van der Waals surface area (Å²) in [7, 11) is 1.88. The molecule has 0 unspecified atom stereocenters. The summed E-state index contributed by atoms with van der Waals surface area (Å²) in [5, 5.41) is 5.76. The standard InChI is InChI=1S/C11H17N3O/c1-9-5-7-13-10(8-9)14-11(15)4-3-6-12-2/h5,7-8,12H,3-4,6H2,1-2H3,(H,13,14,15). The Balaban J connectivity index is 2.37. The molecule has 0 aromatic carbocycles. The van der Waals surface area contributed by atoms with Gasteiger partial charge in [-0.05, 0) is 44.6 Å². The Morgan fingerprint density at radius 3 is 3.00 bits per heavy atom. The minimum atomic E-state index is 0.0170. The van der Waals surface area contributed by atoms with Crippen LogP contribution in [0.5, 0.6) is 0 Å². The first-order valence-corrected chi connectivity index (χ1v) is 5.09. The molecule has 4 heteroatoms. The number of carbonyl (C=O) groups excluding carboxylic acids is 1. The van der Waals surface area contributed by atoms with E-state index in [-0.39, 0.29) is 5.91 Å². The van der Waals surface area contributed by atoms with E-state index in [1.54, 1.807) is 6.20 Å². The lowest BCUT2D eigenvalue weighted by Gasteiger charge is -2.04. The lowest BCUT2D eigenvalue weighted by Crippen LogP contribution is -2.15. The Morgan fingerprint density at radius 2 is 2.33 bits per heavy atom. The second-order valence-corrected chi connectivity index (χ2v) is 3.47. The normalized spacial score (nSPS) is 10.0. The molecule has 0 aliphatic carbocycles. The molecule has 4 nitrogen and oxygen atoms in total. The molecule has 0 saturated carbocycles. The molecular weight excluding hydrogens is 190 g/mol. The zero-order valence-corrected chi connectivity index (χ0v) is 9.21. The summed E-state index contributed by atoms with van der Waals surface area (Å²) in [5.41, 5.74) is 1.09. The molecule has 1 amide bonds. The van der Waals surface area contributed by atoms with Crippen molar-refractivity contribution >= 4 is 11.7 Å². The third-order valence-corrected chi connectivity index (χ3v) is 2.01. The first kappa shape index (κ1) is 11.7. The highest BCUT2D eigenvalue weighted by Gasteiger charge is 2.02. The van der Waals surface area contributed by atoms with Gasteiger partial charge in [0.1, 0.15) is 5.82 Å². The van der Waals surface area contributed by atoms with Crippen LogP contribution in [0.4, 0.5) is 5.82 Å². The Hall–Kier alpha value is -1.42. The van der Waals surface area contributed by atoms with E-state index >= 15 is 0 Å². The van der Waals surface area contributed by atoms with Gasteiger partial charge < -0.3 is 10.6 Å². The fourth-order valence-electron chi connectivity index (χ4n) is 1.24. The number of pyridine rings is 1. The quantitative estimate of drug-likeness (QED) is 0.716. The summed E-state index contributed by atoms with van der Waals surface area (Å²) in [6.45, 7) is 2.83. The summed E-state index contributed by atoms with van der Waals surface area (Å²) in [5.74, 6) is 0.646. The number of aromatic nitrogens is 1. The molecule has 0 spiro atoms. The molecule has 0 atom stereocenters. The smallest absolute Gasteiger partial charge is 0.225 e. The fourth-order valence-corrected chi connectivity index (χ4v) is 1.24. The van der Waals surface area contributed by atoms with Crippen molar-refractivity contribution in [3.63, 3.8) is 0 Å². The zero-order valence-electron chi connectivity index (χ0n) is 9.21. The molecule has 1 aromatic rings. The van der Waals surface area contributed by atoms with Crippen LogP contribution in [-0.2, 0) is 4.79 Å². The van der Waals surface area contributed by atoms with Crippen LogP contribution < -0.4 is 10.6 Å². The number of rotatable bonds is 5. The third-order valence-electron chi connectivity index (χ3n) is 2.01. The number of hydrogen-bond donors (Lipinski definition) is 2. The lowest BCUT2D eigenvalue weighted by molar-refractivity contribution is -0.116. The Morgan fingerprint density at radius 1 is 1.53 bits per heavy atom. The lowest BCUT2D eigenvalue weighted by atomic mass is 10.2. The number of aryl methyl sites for hydroxylation is 1. The van der Waals surface area contributed by atoms with Crippen LogP contribution in [0.25, 0.3) is 0 Å². The maximum Gasteiger partial charge on any atom is 0.225 e. The predicted molar refractivity (Wildman–Crippen MR) is 60.8 cm³/mol. The molecule has 0 aliphatic heterocycles. The van der Waals surface area contributed by atoms with Crippen molar-refractivity contribution in [3.8, 4) is 0 Å². The number of amides is 1. The summed E-state index contributed by atoms with van der Waals surface area (Å²) in [6, 6.07) is 3.76. The second kappa shape index (κ2) is 6.14. The van der Waals surface area contributed by atoms with Crippen molar-refractivity contribution in [1.82, 2.24) is 10.3 Å². The van der Waals surface area contributed by atoms with Crippen LogP contribution in [0.1, 0.15) is 18.4 Å². The SMILES string of the molecule is CNCCCC(=O)Nc1cc(C)ccn1. The van der Waals surface area contributed by atoms with Crippen molar-refractivity contribution in [2.45, 2.75) is 19.8 Å². The van der Waals surface area contributed by atoms with Gasteiger partial charge in [-0.1, -0.05) is 0 Å². The van der Waals surface area contributed by atoms with Crippen LogP contribution in [0.2, 0.25) is 0 Å². The van der Waals surface area contributed by atoms with Crippen molar-refractivity contribution in [3.05, 3.63) is 23.9 Å². The van der Waals surface area contributed by atoms with Crippen LogP contribution in [0, 0.1) is 6.92 Å². The molecule has 1 rings (SSSR count). The summed E-state index contributed by atoms with van der Waals surface area (Å²) in [4.78, 5) is 15.5. The Kier molecular flexibility index (Phi) is 4.77. The maximum absolute atomic E-state index is 11.4. The van der Waals surface area contributed by atoms with Gasteiger partial charge in [0.2, 0.25) is 5.91 Å². The van der Waals surface area contributed by atoms with Gasteiger partial charge in [0.05, 0.1) is 0 Å². The molecule has 15 heavy (non-hydrogen) atoms. The minimum absolute atomic E-state index is 0.0170. The van der Waals surface area contributed by atoms with E-state index < -0.39 is 0 Å². The summed E-state index contributed by atoms with van der Waals surface area (Å²) < 4.78 is 0. The Bertz CT molecular complexity index is 325. The van der Waals surface area contributed by atoms with Crippen molar-refractivity contribution in [1.29, 1.82) is 0 Å². The van der Waals surface area contributed by atoms with Crippen LogP contribution in [0.15, 0.2) is 18.3 Å².